The van der Waals surface area contributed by atoms with E-state index in [0.29, 0.717) is 10.6 Å². The number of nitro groups is 1. The van der Waals surface area contributed by atoms with Crippen LogP contribution in [0.4, 0.5) is 10.8 Å². The number of hydrogen-bond acceptors (Lipinski definition) is 6. The first kappa shape index (κ1) is 17.5. The molecule has 1 aliphatic rings. The molecule has 3 rings (SSSR count). The normalized spacial score (nSPS) is 13.8. The molecule has 9 nitrogen and oxygen atoms in total. The van der Waals surface area contributed by atoms with Crippen molar-refractivity contribution in [3.8, 4) is 0 Å². The summed E-state index contributed by atoms with van der Waals surface area (Å²) in [4.78, 5) is 35.5. The van der Waals surface area contributed by atoms with Crippen molar-refractivity contribution in [1.29, 1.82) is 0 Å². The molecule has 0 aromatic carbocycles. The van der Waals surface area contributed by atoms with Crippen LogP contribution in [0.15, 0.2) is 4.47 Å². The summed E-state index contributed by atoms with van der Waals surface area (Å²) >= 11 is 4.32. The second-order valence-corrected chi connectivity index (χ2v) is 7.48. The number of primary amides is 1. The van der Waals surface area contributed by atoms with Gasteiger partial charge in [0.1, 0.15) is 9.47 Å². The van der Waals surface area contributed by atoms with Crippen LogP contribution < -0.4 is 11.1 Å². The fourth-order valence-electron chi connectivity index (χ4n) is 2.84. The third-order valence-electron chi connectivity index (χ3n) is 3.98. The highest BCUT2D eigenvalue weighted by Crippen LogP contribution is 2.37. The standard InChI is InChI=1S/C14H14BrN5O4S/c15-9-10(18-19-12(9)20(23)24)13(22)17-14-8(11(16)21)6-4-2-1-3-5-7(6)25-14/h1-5H2,(H2,16,21)(H,17,22)(H,18,19). The molecule has 132 valence electrons. The first-order chi connectivity index (χ1) is 11.9. The van der Waals surface area contributed by atoms with Gasteiger partial charge in [-0.1, -0.05) is 11.5 Å². The third kappa shape index (κ3) is 3.29. The number of anilines is 1. The largest absolute Gasteiger partial charge is 0.365 e. The topological polar surface area (TPSA) is 144 Å². The monoisotopic (exact) mass is 427 g/mol. The van der Waals surface area contributed by atoms with E-state index in [1.54, 1.807) is 0 Å². The molecule has 0 radical (unpaired) electrons. The number of thiophene rings is 1. The van der Waals surface area contributed by atoms with Gasteiger partial charge >= 0.3 is 5.82 Å². The Bertz CT molecular complexity index is 875. The number of hydrogen-bond donors (Lipinski definition) is 3. The van der Waals surface area contributed by atoms with Crippen molar-refractivity contribution in [3.05, 3.63) is 36.3 Å². The summed E-state index contributed by atoms with van der Waals surface area (Å²) in [6.07, 6.45) is 4.67. The number of halogens is 1. The average Bonchev–Trinajstić information content (AvgIpc) is 3.00. The van der Waals surface area contributed by atoms with Crippen LogP contribution in [-0.2, 0) is 12.8 Å². The van der Waals surface area contributed by atoms with E-state index in [4.69, 9.17) is 5.73 Å². The van der Waals surface area contributed by atoms with Gasteiger partial charge in [0.05, 0.1) is 5.56 Å². The van der Waals surface area contributed by atoms with Gasteiger partial charge in [-0.3, -0.25) is 9.59 Å². The Kier molecular flexibility index (Phi) is 4.86. The molecule has 1 aliphatic carbocycles. The van der Waals surface area contributed by atoms with Crippen molar-refractivity contribution >= 4 is 49.9 Å². The molecule has 2 aromatic heterocycles. The van der Waals surface area contributed by atoms with Gasteiger partial charge in [0.15, 0.2) is 5.69 Å². The van der Waals surface area contributed by atoms with Gasteiger partial charge in [-0.15, -0.1) is 16.4 Å². The molecule has 4 N–H and O–H groups in total. The highest BCUT2D eigenvalue weighted by atomic mass is 79.9. The summed E-state index contributed by atoms with van der Waals surface area (Å²) < 4.78 is -0.0475. The molecule has 0 saturated carbocycles. The quantitative estimate of drug-likeness (QED) is 0.390. The minimum atomic E-state index is -0.684. The molecule has 2 amide bonds. The van der Waals surface area contributed by atoms with Crippen LogP contribution in [0.1, 0.15) is 50.5 Å². The molecule has 25 heavy (non-hydrogen) atoms. The maximum absolute atomic E-state index is 12.4. The van der Waals surface area contributed by atoms with Crippen LogP contribution >= 0.6 is 27.3 Å². The molecule has 0 unspecified atom stereocenters. The predicted molar refractivity (Wildman–Crippen MR) is 95.0 cm³/mol. The van der Waals surface area contributed by atoms with Crippen molar-refractivity contribution in [1.82, 2.24) is 10.2 Å². The van der Waals surface area contributed by atoms with Crippen molar-refractivity contribution in [2.45, 2.75) is 32.1 Å². The SMILES string of the molecule is NC(=O)c1c(NC(=O)c2n[nH]c([N+](=O)[O-])c2Br)sc2c1CCCCC2. The van der Waals surface area contributed by atoms with E-state index < -0.39 is 22.6 Å². The zero-order chi connectivity index (χ0) is 18.1. The highest BCUT2D eigenvalue weighted by Gasteiger charge is 2.28. The van der Waals surface area contributed by atoms with E-state index in [9.17, 15) is 19.7 Å². The van der Waals surface area contributed by atoms with Crippen LogP contribution in [0.2, 0.25) is 0 Å². The Morgan fingerprint density at radius 3 is 2.68 bits per heavy atom. The number of rotatable bonds is 4. The molecular weight excluding hydrogens is 414 g/mol. The molecule has 0 bridgehead atoms. The van der Waals surface area contributed by atoms with Crippen LogP contribution in [-0.4, -0.2) is 26.9 Å². The Balaban J connectivity index is 1.94. The number of amides is 2. The molecule has 2 aromatic rings. The number of carbonyl (C=O) groups excluding carboxylic acids is 2. The number of nitrogens with zero attached hydrogens (tertiary/aromatic N) is 2. The first-order valence-corrected chi connectivity index (χ1v) is 9.15. The molecular formula is C14H14BrN5O4S. The van der Waals surface area contributed by atoms with E-state index in [2.05, 4.69) is 31.4 Å². The summed E-state index contributed by atoms with van der Waals surface area (Å²) in [5.74, 6) is -1.67. The molecule has 0 saturated heterocycles. The lowest BCUT2D eigenvalue weighted by atomic mass is 10.1. The van der Waals surface area contributed by atoms with E-state index in [1.807, 2.05) is 0 Å². The summed E-state index contributed by atoms with van der Waals surface area (Å²) in [6.45, 7) is 0. The highest BCUT2D eigenvalue weighted by molar-refractivity contribution is 9.10. The molecule has 2 heterocycles. The van der Waals surface area contributed by atoms with E-state index in [-0.39, 0.29) is 10.2 Å². The van der Waals surface area contributed by atoms with Gasteiger partial charge < -0.3 is 21.2 Å². The first-order valence-electron chi connectivity index (χ1n) is 7.54. The lowest BCUT2D eigenvalue weighted by Crippen LogP contribution is -2.18. The smallest absolute Gasteiger partial charge is 0.357 e. The summed E-state index contributed by atoms with van der Waals surface area (Å²) in [5, 5.41) is 19.7. The van der Waals surface area contributed by atoms with Crippen molar-refractivity contribution in [2.24, 2.45) is 5.73 Å². The summed E-state index contributed by atoms with van der Waals surface area (Å²) in [7, 11) is 0. The van der Waals surface area contributed by atoms with Crippen LogP contribution in [0, 0.1) is 10.1 Å². The number of fused-ring (bicyclic) bond motifs is 1. The Labute approximate surface area is 154 Å². The molecule has 11 heteroatoms. The minimum Gasteiger partial charge on any atom is -0.365 e. The Hall–Kier alpha value is -2.27. The van der Waals surface area contributed by atoms with E-state index in [0.717, 1.165) is 42.5 Å². The van der Waals surface area contributed by atoms with E-state index in [1.165, 1.54) is 11.3 Å². The van der Waals surface area contributed by atoms with Gasteiger partial charge in [0.25, 0.3) is 11.8 Å². The van der Waals surface area contributed by atoms with Crippen molar-refractivity contribution in [3.63, 3.8) is 0 Å². The number of nitrogens with two attached hydrogens (primary N) is 1. The second-order valence-electron chi connectivity index (χ2n) is 5.58. The molecule has 0 atom stereocenters. The Morgan fingerprint density at radius 1 is 1.32 bits per heavy atom. The second kappa shape index (κ2) is 6.92. The van der Waals surface area contributed by atoms with Crippen LogP contribution in [0.25, 0.3) is 0 Å². The molecule has 0 spiro atoms. The minimum absolute atomic E-state index is 0.0475. The number of aromatic amines is 1. The van der Waals surface area contributed by atoms with Gasteiger partial charge in [-0.2, -0.15) is 0 Å². The molecule has 0 fully saturated rings. The van der Waals surface area contributed by atoms with E-state index >= 15 is 0 Å². The van der Waals surface area contributed by atoms with Crippen LogP contribution in [0.5, 0.6) is 0 Å². The van der Waals surface area contributed by atoms with Gasteiger partial charge in [-0.25, -0.2) is 0 Å². The van der Waals surface area contributed by atoms with Crippen LogP contribution in [0.3, 0.4) is 0 Å². The lowest BCUT2D eigenvalue weighted by molar-refractivity contribution is -0.390. The van der Waals surface area contributed by atoms with Gasteiger partial charge in [-0.05, 0) is 52.1 Å². The zero-order valence-corrected chi connectivity index (χ0v) is 15.3. The summed E-state index contributed by atoms with van der Waals surface area (Å²) in [6, 6.07) is 0. The average molecular weight is 428 g/mol. The number of H-pyrrole nitrogens is 1. The van der Waals surface area contributed by atoms with Crippen molar-refractivity contribution in [2.75, 3.05) is 5.32 Å². The maximum atomic E-state index is 12.4. The van der Waals surface area contributed by atoms with Gasteiger partial charge in [0.2, 0.25) is 0 Å². The third-order valence-corrected chi connectivity index (χ3v) is 5.94. The number of carbonyl (C=O) groups is 2. The maximum Gasteiger partial charge on any atom is 0.357 e. The lowest BCUT2D eigenvalue weighted by Gasteiger charge is -2.05. The Morgan fingerprint density at radius 2 is 2.04 bits per heavy atom. The summed E-state index contributed by atoms with van der Waals surface area (Å²) in [5.41, 5.74) is 6.59. The number of nitrogens with one attached hydrogen (secondary N) is 2. The fraction of sp³-hybridized carbons (Fsp3) is 0.357. The van der Waals surface area contributed by atoms with Gasteiger partial charge in [0, 0.05) is 4.88 Å². The molecule has 0 aliphatic heterocycles. The fourth-order valence-corrected chi connectivity index (χ4v) is 4.64. The zero-order valence-electron chi connectivity index (χ0n) is 12.9. The number of aromatic nitrogens is 2. The van der Waals surface area contributed by atoms with Crippen molar-refractivity contribution < 1.29 is 14.5 Å². The predicted octanol–water partition coefficient (Wildman–Crippen LogP) is 2.76. The number of aryl methyl sites for hydroxylation is 1.